The van der Waals surface area contributed by atoms with Gasteiger partial charge < -0.3 is 15.5 Å². The van der Waals surface area contributed by atoms with Gasteiger partial charge in [0.15, 0.2) is 0 Å². The molecule has 2 bridgehead atoms. The molecule has 142 valence electrons. The van der Waals surface area contributed by atoms with Crippen molar-refractivity contribution in [2.75, 3.05) is 13.1 Å². The SMILES string of the molecule is CC(C)CC(NC(=O)c1ccc(Cl)cc1)C(=O)N1C2CCNCC1CC2. The molecule has 1 aromatic rings. The Kier molecular flexibility index (Phi) is 6.20. The van der Waals surface area contributed by atoms with Gasteiger partial charge in [-0.25, -0.2) is 0 Å². The lowest BCUT2D eigenvalue weighted by Crippen LogP contribution is -2.53. The topological polar surface area (TPSA) is 61.4 Å². The Hall–Kier alpha value is -1.59. The Morgan fingerprint density at radius 3 is 2.58 bits per heavy atom. The maximum Gasteiger partial charge on any atom is 0.251 e. The molecule has 0 aliphatic carbocycles. The number of carbonyl (C=O) groups excluding carboxylic acids is 2. The highest BCUT2D eigenvalue weighted by molar-refractivity contribution is 6.30. The molecule has 3 atom stereocenters. The number of carbonyl (C=O) groups is 2. The van der Waals surface area contributed by atoms with Crippen molar-refractivity contribution in [2.24, 2.45) is 5.92 Å². The lowest BCUT2D eigenvalue weighted by Gasteiger charge is -2.32. The van der Waals surface area contributed by atoms with Gasteiger partial charge in [0, 0.05) is 29.2 Å². The predicted octanol–water partition coefficient (Wildman–Crippen LogP) is 2.84. The van der Waals surface area contributed by atoms with E-state index in [-0.39, 0.29) is 17.9 Å². The van der Waals surface area contributed by atoms with Gasteiger partial charge >= 0.3 is 0 Å². The van der Waals surface area contributed by atoms with Crippen LogP contribution in [0.4, 0.5) is 0 Å². The molecular weight excluding hydrogens is 350 g/mol. The quantitative estimate of drug-likeness (QED) is 0.829. The second-order valence-corrected chi connectivity index (χ2v) is 8.22. The van der Waals surface area contributed by atoms with E-state index >= 15 is 0 Å². The monoisotopic (exact) mass is 377 g/mol. The van der Waals surface area contributed by atoms with E-state index in [1.165, 1.54) is 0 Å². The van der Waals surface area contributed by atoms with Crippen LogP contribution in [0.25, 0.3) is 0 Å². The molecule has 2 aliphatic rings. The van der Waals surface area contributed by atoms with Crippen LogP contribution in [-0.2, 0) is 4.79 Å². The highest BCUT2D eigenvalue weighted by Gasteiger charge is 2.40. The molecule has 26 heavy (non-hydrogen) atoms. The van der Waals surface area contributed by atoms with Gasteiger partial charge in [-0.05, 0) is 62.4 Å². The molecule has 0 radical (unpaired) electrons. The zero-order valence-electron chi connectivity index (χ0n) is 15.5. The Balaban J connectivity index is 1.75. The average Bonchev–Trinajstić information content (AvgIpc) is 2.86. The summed E-state index contributed by atoms with van der Waals surface area (Å²) >= 11 is 5.90. The van der Waals surface area contributed by atoms with E-state index in [1.807, 2.05) is 0 Å². The molecule has 2 fully saturated rings. The van der Waals surface area contributed by atoms with Crippen LogP contribution >= 0.6 is 11.6 Å². The third kappa shape index (κ3) is 4.38. The van der Waals surface area contributed by atoms with E-state index in [4.69, 9.17) is 11.6 Å². The fraction of sp³-hybridized carbons (Fsp3) is 0.600. The molecular formula is C20H28ClN3O2. The highest BCUT2D eigenvalue weighted by Crippen LogP contribution is 2.29. The minimum Gasteiger partial charge on any atom is -0.340 e. The Labute approximate surface area is 160 Å². The number of amides is 2. The minimum atomic E-state index is -0.487. The molecule has 2 aliphatic heterocycles. The van der Waals surface area contributed by atoms with Gasteiger partial charge in [0.25, 0.3) is 5.91 Å². The number of hydrogen-bond acceptors (Lipinski definition) is 3. The number of hydrogen-bond donors (Lipinski definition) is 2. The lowest BCUT2D eigenvalue weighted by atomic mass is 10.0. The molecule has 0 spiro atoms. The fourth-order valence-electron chi connectivity index (χ4n) is 4.06. The lowest BCUT2D eigenvalue weighted by molar-refractivity contribution is -0.136. The zero-order valence-corrected chi connectivity index (χ0v) is 16.3. The second kappa shape index (κ2) is 8.40. The summed E-state index contributed by atoms with van der Waals surface area (Å²) in [6.07, 6.45) is 3.74. The summed E-state index contributed by atoms with van der Waals surface area (Å²) in [4.78, 5) is 28.0. The first-order valence-electron chi connectivity index (χ1n) is 9.55. The van der Waals surface area contributed by atoms with Crippen molar-refractivity contribution in [1.29, 1.82) is 0 Å². The second-order valence-electron chi connectivity index (χ2n) is 7.79. The summed E-state index contributed by atoms with van der Waals surface area (Å²) in [5.74, 6) is 0.162. The largest absolute Gasteiger partial charge is 0.340 e. The van der Waals surface area contributed by atoms with E-state index < -0.39 is 6.04 Å². The van der Waals surface area contributed by atoms with Crippen LogP contribution in [0.1, 0.15) is 49.9 Å². The first-order chi connectivity index (χ1) is 12.5. The van der Waals surface area contributed by atoms with Crippen LogP contribution in [-0.4, -0.2) is 47.9 Å². The van der Waals surface area contributed by atoms with Crippen LogP contribution in [0.15, 0.2) is 24.3 Å². The molecule has 0 saturated carbocycles. The first kappa shape index (κ1) is 19.2. The number of benzene rings is 1. The Morgan fingerprint density at radius 1 is 1.19 bits per heavy atom. The highest BCUT2D eigenvalue weighted by atomic mass is 35.5. The number of nitrogens with one attached hydrogen (secondary N) is 2. The third-order valence-corrected chi connectivity index (χ3v) is 5.58. The predicted molar refractivity (Wildman–Crippen MR) is 103 cm³/mol. The number of rotatable bonds is 5. The normalized spacial score (nSPS) is 23.6. The van der Waals surface area contributed by atoms with Crippen LogP contribution < -0.4 is 10.6 Å². The summed E-state index contributed by atoms with van der Waals surface area (Å²) in [6.45, 7) is 5.96. The van der Waals surface area contributed by atoms with Crippen molar-refractivity contribution in [1.82, 2.24) is 15.5 Å². The van der Waals surface area contributed by atoms with Gasteiger partial charge in [-0.15, -0.1) is 0 Å². The smallest absolute Gasteiger partial charge is 0.251 e. The Bertz CT molecular complexity index is 633. The van der Waals surface area contributed by atoms with Gasteiger partial charge in [-0.2, -0.15) is 0 Å². The maximum atomic E-state index is 13.3. The number of fused-ring (bicyclic) bond motifs is 2. The molecule has 2 saturated heterocycles. The van der Waals surface area contributed by atoms with Gasteiger partial charge in [0.2, 0.25) is 5.91 Å². The number of halogens is 1. The molecule has 3 unspecified atom stereocenters. The van der Waals surface area contributed by atoms with Gasteiger partial charge in [-0.1, -0.05) is 25.4 Å². The van der Waals surface area contributed by atoms with Crippen LogP contribution in [0.2, 0.25) is 5.02 Å². The molecule has 2 amide bonds. The summed E-state index contributed by atoms with van der Waals surface area (Å²) in [5.41, 5.74) is 0.525. The van der Waals surface area contributed by atoms with E-state index in [0.717, 1.165) is 32.4 Å². The van der Waals surface area contributed by atoms with E-state index in [0.29, 0.717) is 29.0 Å². The molecule has 1 aromatic carbocycles. The summed E-state index contributed by atoms with van der Waals surface area (Å²) in [5, 5.41) is 6.99. The standard InChI is InChI=1S/C20H28ClN3O2/c1-13(2)11-18(23-19(25)14-3-5-15(21)6-4-14)20(26)24-16-7-8-17(24)12-22-10-9-16/h3-6,13,16-18,22H,7-12H2,1-2H3,(H,23,25). The molecule has 0 aromatic heterocycles. The van der Waals surface area contributed by atoms with Crippen molar-refractivity contribution < 1.29 is 9.59 Å². The molecule has 5 nitrogen and oxygen atoms in total. The Morgan fingerprint density at radius 2 is 1.88 bits per heavy atom. The molecule has 2 N–H and O–H groups in total. The van der Waals surface area contributed by atoms with Crippen LogP contribution in [0.3, 0.4) is 0 Å². The molecule has 3 rings (SSSR count). The van der Waals surface area contributed by atoms with E-state index in [1.54, 1.807) is 24.3 Å². The van der Waals surface area contributed by atoms with Crippen molar-refractivity contribution in [3.8, 4) is 0 Å². The maximum absolute atomic E-state index is 13.3. The average molecular weight is 378 g/mol. The van der Waals surface area contributed by atoms with Crippen LogP contribution in [0.5, 0.6) is 0 Å². The first-order valence-corrected chi connectivity index (χ1v) is 9.93. The van der Waals surface area contributed by atoms with Crippen molar-refractivity contribution in [3.63, 3.8) is 0 Å². The summed E-state index contributed by atoms with van der Waals surface area (Å²) < 4.78 is 0. The minimum absolute atomic E-state index is 0.0669. The summed E-state index contributed by atoms with van der Waals surface area (Å²) in [6, 6.07) is 6.82. The van der Waals surface area contributed by atoms with E-state index in [9.17, 15) is 9.59 Å². The zero-order chi connectivity index (χ0) is 18.7. The van der Waals surface area contributed by atoms with Crippen molar-refractivity contribution in [3.05, 3.63) is 34.9 Å². The van der Waals surface area contributed by atoms with Gasteiger partial charge in [0.05, 0.1) is 0 Å². The summed E-state index contributed by atoms with van der Waals surface area (Å²) in [7, 11) is 0. The third-order valence-electron chi connectivity index (χ3n) is 5.33. The molecule has 6 heteroatoms. The van der Waals surface area contributed by atoms with Crippen molar-refractivity contribution >= 4 is 23.4 Å². The van der Waals surface area contributed by atoms with E-state index in [2.05, 4.69) is 29.4 Å². The van der Waals surface area contributed by atoms with Gasteiger partial charge in [-0.3, -0.25) is 9.59 Å². The molecule has 2 heterocycles. The van der Waals surface area contributed by atoms with Crippen molar-refractivity contribution in [2.45, 2.75) is 57.7 Å². The van der Waals surface area contributed by atoms with Gasteiger partial charge in [0.1, 0.15) is 6.04 Å². The fourth-order valence-corrected chi connectivity index (χ4v) is 4.18. The van der Waals surface area contributed by atoms with Crippen LogP contribution in [0, 0.1) is 5.92 Å². The number of nitrogens with zero attached hydrogens (tertiary/aromatic N) is 1.